The molecule has 2 aromatic heterocycles. The first kappa shape index (κ1) is 15.6. The first-order valence-electron chi connectivity index (χ1n) is 6.78. The lowest BCUT2D eigenvalue weighted by Crippen LogP contribution is -2.41. The van der Waals surface area contributed by atoms with Crippen molar-refractivity contribution in [2.75, 3.05) is 27.7 Å². The van der Waals surface area contributed by atoms with E-state index in [1.54, 1.807) is 29.5 Å². The summed E-state index contributed by atoms with van der Waals surface area (Å²) < 4.78 is 5.43. The van der Waals surface area contributed by atoms with Gasteiger partial charge in [-0.25, -0.2) is 4.79 Å². The van der Waals surface area contributed by atoms with Gasteiger partial charge in [-0.3, -0.25) is 4.90 Å². The smallest absolute Gasteiger partial charge is 0.317 e. The van der Waals surface area contributed by atoms with Crippen molar-refractivity contribution in [3.8, 4) is 0 Å². The van der Waals surface area contributed by atoms with E-state index in [-0.39, 0.29) is 12.1 Å². The van der Waals surface area contributed by atoms with Gasteiger partial charge in [0.2, 0.25) is 0 Å². The standard InChI is InChI=1S/C15H21N3O2S/c1-17(2)13(14-5-4-7-20-14)9-16-15(19)18(3)10-12-6-8-21-11-12/h4-8,11,13H,9-10H2,1-3H3,(H,16,19)/t13-/m0/s1. The van der Waals surface area contributed by atoms with Crippen molar-refractivity contribution in [1.29, 1.82) is 0 Å². The highest BCUT2D eigenvalue weighted by Gasteiger charge is 2.19. The molecule has 5 nitrogen and oxygen atoms in total. The molecular formula is C15H21N3O2S. The van der Waals surface area contributed by atoms with Crippen molar-refractivity contribution in [2.24, 2.45) is 0 Å². The Labute approximate surface area is 129 Å². The van der Waals surface area contributed by atoms with E-state index < -0.39 is 0 Å². The summed E-state index contributed by atoms with van der Waals surface area (Å²) in [4.78, 5) is 15.8. The minimum atomic E-state index is -0.0837. The number of likely N-dealkylation sites (N-methyl/N-ethyl adjacent to an activating group) is 1. The number of hydrogen-bond acceptors (Lipinski definition) is 4. The first-order chi connectivity index (χ1) is 10.1. The molecule has 0 saturated heterocycles. The fraction of sp³-hybridized carbons (Fsp3) is 0.400. The molecule has 21 heavy (non-hydrogen) atoms. The maximum Gasteiger partial charge on any atom is 0.317 e. The highest BCUT2D eigenvalue weighted by Crippen LogP contribution is 2.17. The molecule has 2 aromatic rings. The summed E-state index contributed by atoms with van der Waals surface area (Å²) in [6, 6.07) is 5.75. The van der Waals surface area contributed by atoms with E-state index in [0.717, 1.165) is 11.3 Å². The van der Waals surface area contributed by atoms with Gasteiger partial charge in [-0.1, -0.05) is 0 Å². The van der Waals surface area contributed by atoms with Crippen molar-refractivity contribution < 1.29 is 9.21 Å². The number of rotatable bonds is 6. The van der Waals surface area contributed by atoms with Crippen LogP contribution in [0.2, 0.25) is 0 Å². The Morgan fingerprint density at radius 1 is 1.38 bits per heavy atom. The number of furan rings is 1. The topological polar surface area (TPSA) is 48.7 Å². The van der Waals surface area contributed by atoms with Gasteiger partial charge in [0.1, 0.15) is 5.76 Å². The van der Waals surface area contributed by atoms with Gasteiger partial charge in [-0.05, 0) is 48.6 Å². The molecule has 0 unspecified atom stereocenters. The van der Waals surface area contributed by atoms with Gasteiger partial charge < -0.3 is 14.6 Å². The van der Waals surface area contributed by atoms with E-state index in [9.17, 15) is 4.79 Å². The summed E-state index contributed by atoms with van der Waals surface area (Å²) in [7, 11) is 5.73. The number of thiophene rings is 1. The highest BCUT2D eigenvalue weighted by molar-refractivity contribution is 7.07. The summed E-state index contributed by atoms with van der Waals surface area (Å²) in [6.07, 6.45) is 1.65. The average Bonchev–Trinajstić information content (AvgIpc) is 3.11. The van der Waals surface area contributed by atoms with Gasteiger partial charge in [0.05, 0.1) is 12.3 Å². The zero-order valence-corrected chi connectivity index (χ0v) is 13.4. The lowest BCUT2D eigenvalue weighted by molar-refractivity contribution is 0.197. The molecule has 6 heteroatoms. The van der Waals surface area contributed by atoms with Crippen LogP contribution in [0.1, 0.15) is 17.4 Å². The summed E-state index contributed by atoms with van der Waals surface area (Å²) >= 11 is 1.64. The molecule has 0 fully saturated rings. The van der Waals surface area contributed by atoms with Crippen molar-refractivity contribution in [2.45, 2.75) is 12.6 Å². The Balaban J connectivity index is 1.87. The van der Waals surface area contributed by atoms with Crippen LogP contribution in [-0.4, -0.2) is 43.5 Å². The normalized spacial score (nSPS) is 12.4. The second-order valence-corrected chi connectivity index (χ2v) is 5.95. The van der Waals surface area contributed by atoms with Crippen LogP contribution in [0, 0.1) is 0 Å². The first-order valence-corrected chi connectivity index (χ1v) is 7.72. The molecule has 1 N–H and O–H groups in total. The van der Waals surface area contributed by atoms with Gasteiger partial charge in [0.25, 0.3) is 0 Å². The van der Waals surface area contributed by atoms with E-state index in [2.05, 4.69) is 10.7 Å². The average molecular weight is 307 g/mol. The second-order valence-electron chi connectivity index (χ2n) is 5.17. The fourth-order valence-electron chi connectivity index (χ4n) is 2.07. The predicted molar refractivity (Wildman–Crippen MR) is 84.3 cm³/mol. The minimum absolute atomic E-state index is 0.0264. The molecule has 114 valence electrons. The van der Waals surface area contributed by atoms with Gasteiger partial charge >= 0.3 is 6.03 Å². The van der Waals surface area contributed by atoms with Crippen molar-refractivity contribution in [3.63, 3.8) is 0 Å². The van der Waals surface area contributed by atoms with E-state index in [1.807, 2.05) is 42.6 Å². The van der Waals surface area contributed by atoms with E-state index in [1.165, 1.54) is 0 Å². The summed E-state index contributed by atoms with van der Waals surface area (Å²) in [5.41, 5.74) is 1.15. The van der Waals surface area contributed by atoms with Gasteiger partial charge in [-0.15, -0.1) is 0 Å². The van der Waals surface area contributed by atoms with Crippen molar-refractivity contribution >= 4 is 17.4 Å². The molecule has 2 rings (SSSR count). The van der Waals surface area contributed by atoms with Crippen LogP contribution < -0.4 is 5.32 Å². The number of carbonyl (C=O) groups is 1. The van der Waals surface area contributed by atoms with Crippen molar-refractivity contribution in [1.82, 2.24) is 15.1 Å². The van der Waals surface area contributed by atoms with Gasteiger partial charge in [0, 0.05) is 20.1 Å². The van der Waals surface area contributed by atoms with Gasteiger partial charge in [0.15, 0.2) is 0 Å². The molecule has 2 amide bonds. The third kappa shape index (κ3) is 4.34. The van der Waals surface area contributed by atoms with Crippen LogP contribution in [0.4, 0.5) is 4.79 Å². The molecule has 2 heterocycles. The third-order valence-corrected chi connectivity index (χ3v) is 4.02. The lowest BCUT2D eigenvalue weighted by Gasteiger charge is -2.24. The monoisotopic (exact) mass is 307 g/mol. The summed E-state index contributed by atoms with van der Waals surface area (Å²) in [5, 5.41) is 7.02. The second kappa shape index (κ2) is 7.28. The Morgan fingerprint density at radius 2 is 2.19 bits per heavy atom. The zero-order valence-electron chi connectivity index (χ0n) is 12.6. The summed E-state index contributed by atoms with van der Waals surface area (Å²) in [5.74, 6) is 0.848. The number of nitrogens with zero attached hydrogens (tertiary/aromatic N) is 2. The SMILES string of the molecule is CN(Cc1ccsc1)C(=O)NC[C@@H](c1ccco1)N(C)C. The highest BCUT2D eigenvalue weighted by atomic mass is 32.1. The Kier molecular flexibility index (Phi) is 5.41. The molecule has 0 aliphatic rings. The maximum atomic E-state index is 12.1. The Hall–Kier alpha value is -1.79. The number of hydrogen-bond donors (Lipinski definition) is 1. The number of nitrogens with one attached hydrogen (secondary N) is 1. The quantitative estimate of drug-likeness (QED) is 0.893. The van der Waals surface area contributed by atoms with Crippen LogP contribution in [0.5, 0.6) is 0 Å². The lowest BCUT2D eigenvalue weighted by atomic mass is 10.2. The zero-order chi connectivity index (χ0) is 15.2. The van der Waals surface area contributed by atoms with Crippen LogP contribution >= 0.6 is 11.3 Å². The molecule has 0 aromatic carbocycles. The van der Waals surface area contributed by atoms with Crippen LogP contribution in [0.25, 0.3) is 0 Å². The predicted octanol–water partition coefficient (Wildman–Crippen LogP) is 2.79. The molecule has 1 atom stereocenters. The Bertz CT molecular complexity index is 537. The maximum absolute atomic E-state index is 12.1. The molecule has 0 spiro atoms. The molecule has 0 aliphatic carbocycles. The molecule has 0 aliphatic heterocycles. The van der Waals surface area contributed by atoms with E-state index >= 15 is 0 Å². The Morgan fingerprint density at radius 3 is 2.76 bits per heavy atom. The number of urea groups is 1. The third-order valence-electron chi connectivity index (χ3n) is 3.29. The minimum Gasteiger partial charge on any atom is -0.468 e. The number of amides is 2. The van der Waals surface area contributed by atoms with E-state index in [0.29, 0.717) is 13.1 Å². The summed E-state index contributed by atoms with van der Waals surface area (Å²) in [6.45, 7) is 1.12. The van der Waals surface area contributed by atoms with E-state index in [4.69, 9.17) is 4.42 Å². The molecule has 0 saturated carbocycles. The van der Waals surface area contributed by atoms with Crippen LogP contribution in [-0.2, 0) is 6.54 Å². The van der Waals surface area contributed by atoms with Crippen LogP contribution in [0.3, 0.4) is 0 Å². The molecule has 0 radical (unpaired) electrons. The van der Waals surface area contributed by atoms with Crippen molar-refractivity contribution in [3.05, 3.63) is 46.5 Å². The van der Waals surface area contributed by atoms with Gasteiger partial charge in [-0.2, -0.15) is 11.3 Å². The number of carbonyl (C=O) groups excluding carboxylic acids is 1. The fourth-order valence-corrected chi connectivity index (χ4v) is 2.73. The van der Waals surface area contributed by atoms with Crippen LogP contribution in [0.15, 0.2) is 39.6 Å². The largest absolute Gasteiger partial charge is 0.468 e. The molecular weight excluding hydrogens is 286 g/mol. The molecule has 0 bridgehead atoms.